The van der Waals surface area contributed by atoms with Crippen LogP contribution in [0.3, 0.4) is 0 Å². The molecule has 116 valence electrons. The Morgan fingerprint density at radius 1 is 1.48 bits per heavy atom. The molecule has 2 heterocycles. The molecule has 0 aromatic carbocycles. The van der Waals surface area contributed by atoms with E-state index in [4.69, 9.17) is 5.11 Å². The molecule has 0 radical (unpaired) electrons. The van der Waals surface area contributed by atoms with Gasteiger partial charge in [-0.3, -0.25) is 4.98 Å². The molecule has 1 aromatic rings. The van der Waals surface area contributed by atoms with Crippen LogP contribution in [0.25, 0.3) is 0 Å². The van der Waals surface area contributed by atoms with E-state index in [1.807, 2.05) is 0 Å². The Kier molecular flexibility index (Phi) is 4.92. The summed E-state index contributed by atoms with van der Waals surface area (Å²) >= 11 is 0. The molecule has 1 aromatic heterocycles. The van der Waals surface area contributed by atoms with Crippen LogP contribution in [0.1, 0.15) is 35.8 Å². The maximum absolute atomic E-state index is 12.2. The molecule has 2 N–H and O–H groups in total. The molecule has 0 amide bonds. The molecule has 1 saturated heterocycles. The van der Waals surface area contributed by atoms with Gasteiger partial charge in [0.2, 0.25) is 0 Å². The largest absolute Gasteiger partial charge is 0.478 e. The number of pyridine rings is 1. The number of hydrogen-bond donors (Lipinski definition) is 2. The summed E-state index contributed by atoms with van der Waals surface area (Å²) in [4.78, 5) is 14.8. The Morgan fingerprint density at radius 2 is 2.14 bits per heavy atom. The fourth-order valence-electron chi connectivity index (χ4n) is 2.19. The van der Waals surface area contributed by atoms with Crippen LogP contribution in [0, 0.1) is 5.92 Å². The highest BCUT2D eigenvalue weighted by atomic mass is 32.2. The summed E-state index contributed by atoms with van der Waals surface area (Å²) in [5.41, 5.74) is 0.467. The summed E-state index contributed by atoms with van der Waals surface area (Å²) in [6.07, 6.45) is 3.07. The third-order valence-electron chi connectivity index (χ3n) is 3.58. The third-order valence-corrected chi connectivity index (χ3v) is 5.14. The fourth-order valence-corrected chi connectivity index (χ4v) is 3.39. The van der Waals surface area contributed by atoms with Crippen molar-refractivity contribution >= 4 is 16.2 Å². The standard InChI is InChI=1S/C13H19N3O4S/c1-10-3-6-16(7-4-10)21(19,20)15-9-12-8-11(13(17)18)2-5-14-12/h2,5,8,10,15H,3-4,6-7,9H2,1H3,(H,17,18). The summed E-state index contributed by atoms with van der Waals surface area (Å²) in [7, 11) is -3.54. The van der Waals surface area contributed by atoms with Gasteiger partial charge >= 0.3 is 5.97 Å². The summed E-state index contributed by atoms with van der Waals surface area (Å²) in [5.74, 6) is -0.517. The monoisotopic (exact) mass is 313 g/mol. The number of carboxylic acids is 1. The lowest BCUT2D eigenvalue weighted by Crippen LogP contribution is -2.44. The molecule has 0 unspecified atom stereocenters. The second kappa shape index (κ2) is 6.50. The summed E-state index contributed by atoms with van der Waals surface area (Å²) in [5, 5.41) is 8.89. The second-order valence-electron chi connectivity index (χ2n) is 5.25. The van der Waals surface area contributed by atoms with Gasteiger partial charge in [-0.1, -0.05) is 6.92 Å². The average molecular weight is 313 g/mol. The number of aromatic carboxylic acids is 1. The Balaban J connectivity index is 1.98. The molecule has 1 aliphatic heterocycles. The number of carbonyl (C=O) groups is 1. The van der Waals surface area contributed by atoms with Gasteiger partial charge in [-0.05, 0) is 30.9 Å². The van der Waals surface area contributed by atoms with Crippen LogP contribution >= 0.6 is 0 Å². The number of piperidine rings is 1. The van der Waals surface area contributed by atoms with Crippen LogP contribution in [-0.4, -0.2) is 41.9 Å². The van der Waals surface area contributed by atoms with Crippen molar-refractivity contribution in [3.05, 3.63) is 29.6 Å². The first kappa shape index (κ1) is 15.9. The third kappa shape index (κ3) is 4.23. The van der Waals surface area contributed by atoms with Crippen molar-refractivity contribution < 1.29 is 18.3 Å². The molecule has 0 aliphatic carbocycles. The lowest BCUT2D eigenvalue weighted by atomic mass is 10.0. The van der Waals surface area contributed by atoms with Crippen molar-refractivity contribution in [3.63, 3.8) is 0 Å². The van der Waals surface area contributed by atoms with E-state index >= 15 is 0 Å². The van der Waals surface area contributed by atoms with Gasteiger partial charge in [-0.15, -0.1) is 0 Å². The highest BCUT2D eigenvalue weighted by Crippen LogP contribution is 2.18. The summed E-state index contributed by atoms with van der Waals surface area (Å²) in [6.45, 7) is 3.12. The van der Waals surface area contributed by atoms with E-state index in [-0.39, 0.29) is 12.1 Å². The molecule has 2 rings (SSSR count). The van der Waals surface area contributed by atoms with E-state index in [2.05, 4.69) is 16.6 Å². The minimum atomic E-state index is -3.54. The maximum Gasteiger partial charge on any atom is 0.335 e. The lowest BCUT2D eigenvalue weighted by molar-refractivity contribution is 0.0696. The minimum absolute atomic E-state index is 0.0183. The highest BCUT2D eigenvalue weighted by molar-refractivity contribution is 7.87. The predicted molar refractivity (Wildman–Crippen MR) is 76.9 cm³/mol. The van der Waals surface area contributed by atoms with Crippen LogP contribution in [-0.2, 0) is 16.8 Å². The molecule has 1 aliphatic rings. The predicted octanol–water partition coefficient (Wildman–Crippen LogP) is 0.846. The first-order valence-electron chi connectivity index (χ1n) is 6.81. The number of nitrogens with one attached hydrogen (secondary N) is 1. The zero-order valence-corrected chi connectivity index (χ0v) is 12.6. The molecule has 8 heteroatoms. The summed E-state index contributed by atoms with van der Waals surface area (Å²) in [6, 6.07) is 2.73. The van der Waals surface area contributed by atoms with Crippen molar-refractivity contribution in [1.82, 2.24) is 14.0 Å². The first-order chi connectivity index (χ1) is 9.88. The summed E-state index contributed by atoms with van der Waals surface area (Å²) < 4.78 is 28.2. The lowest BCUT2D eigenvalue weighted by Gasteiger charge is -2.29. The van der Waals surface area contributed by atoms with E-state index in [1.54, 1.807) is 0 Å². The van der Waals surface area contributed by atoms with Crippen LogP contribution in [0.2, 0.25) is 0 Å². The van der Waals surface area contributed by atoms with Crippen molar-refractivity contribution in [2.45, 2.75) is 26.3 Å². The van der Waals surface area contributed by atoms with Crippen LogP contribution in [0.5, 0.6) is 0 Å². The van der Waals surface area contributed by atoms with Crippen LogP contribution in [0.15, 0.2) is 18.3 Å². The average Bonchev–Trinajstić information content (AvgIpc) is 2.46. The van der Waals surface area contributed by atoms with Gasteiger partial charge in [0.25, 0.3) is 10.2 Å². The van der Waals surface area contributed by atoms with Gasteiger partial charge in [0.1, 0.15) is 0 Å². The van der Waals surface area contributed by atoms with Gasteiger partial charge < -0.3 is 5.11 Å². The molecule has 1 fully saturated rings. The fraction of sp³-hybridized carbons (Fsp3) is 0.538. The van der Waals surface area contributed by atoms with Crippen molar-refractivity contribution in [2.75, 3.05) is 13.1 Å². The molecular weight excluding hydrogens is 294 g/mol. The Labute approximate surface area is 124 Å². The van der Waals surface area contributed by atoms with Crippen molar-refractivity contribution in [1.29, 1.82) is 0 Å². The SMILES string of the molecule is CC1CCN(S(=O)(=O)NCc2cc(C(=O)O)ccn2)CC1. The topological polar surface area (TPSA) is 99.6 Å². The quantitative estimate of drug-likeness (QED) is 0.839. The van der Waals surface area contributed by atoms with E-state index in [9.17, 15) is 13.2 Å². The van der Waals surface area contributed by atoms with Crippen molar-refractivity contribution in [2.24, 2.45) is 5.92 Å². The molecule has 0 spiro atoms. The Morgan fingerprint density at radius 3 is 2.76 bits per heavy atom. The Bertz CT molecular complexity index is 610. The van der Waals surface area contributed by atoms with Crippen molar-refractivity contribution in [3.8, 4) is 0 Å². The highest BCUT2D eigenvalue weighted by Gasteiger charge is 2.26. The number of rotatable bonds is 5. The van der Waals surface area contributed by atoms with Gasteiger partial charge in [-0.2, -0.15) is 17.4 Å². The number of hydrogen-bond acceptors (Lipinski definition) is 4. The zero-order valence-electron chi connectivity index (χ0n) is 11.8. The molecule has 7 nitrogen and oxygen atoms in total. The number of aromatic nitrogens is 1. The molecule has 0 saturated carbocycles. The van der Waals surface area contributed by atoms with E-state index < -0.39 is 16.2 Å². The molecular formula is C13H19N3O4S. The van der Waals surface area contributed by atoms with Gasteiger partial charge in [0.15, 0.2) is 0 Å². The van der Waals surface area contributed by atoms with Crippen LogP contribution < -0.4 is 4.72 Å². The molecule has 0 atom stereocenters. The van der Waals surface area contributed by atoms with Gasteiger partial charge in [-0.25, -0.2) is 4.79 Å². The van der Waals surface area contributed by atoms with Gasteiger partial charge in [0, 0.05) is 19.3 Å². The maximum atomic E-state index is 12.2. The van der Waals surface area contributed by atoms with Gasteiger partial charge in [0.05, 0.1) is 17.8 Å². The van der Waals surface area contributed by atoms with Crippen LogP contribution in [0.4, 0.5) is 0 Å². The second-order valence-corrected chi connectivity index (χ2v) is 7.00. The van der Waals surface area contributed by atoms with E-state index in [0.29, 0.717) is 24.7 Å². The minimum Gasteiger partial charge on any atom is -0.478 e. The number of nitrogens with zero attached hydrogens (tertiary/aromatic N) is 2. The molecule has 0 bridgehead atoms. The number of carboxylic acid groups (broad SMARTS) is 1. The van der Waals surface area contributed by atoms with E-state index in [1.165, 1.54) is 22.6 Å². The zero-order chi connectivity index (χ0) is 15.5. The first-order valence-corrected chi connectivity index (χ1v) is 8.25. The smallest absolute Gasteiger partial charge is 0.335 e. The van der Waals surface area contributed by atoms with E-state index in [0.717, 1.165) is 12.8 Å². The molecule has 21 heavy (non-hydrogen) atoms. The normalized spacial score (nSPS) is 17.8. The Hall–Kier alpha value is -1.51.